The van der Waals surface area contributed by atoms with E-state index >= 15 is 0 Å². The minimum Gasteiger partial charge on any atom is -0.396 e. The molecular formula is C13H17NO3. The average molecular weight is 235 g/mol. The fraction of sp³-hybridized carbons (Fsp3) is 0.462. The Morgan fingerprint density at radius 2 is 2.06 bits per heavy atom. The zero-order valence-corrected chi connectivity index (χ0v) is 9.71. The minimum atomic E-state index is 0.00521. The second-order valence-corrected chi connectivity index (χ2v) is 4.33. The lowest BCUT2D eigenvalue weighted by molar-refractivity contribution is -0.143. The van der Waals surface area contributed by atoms with Crippen LogP contribution in [-0.2, 0) is 16.1 Å². The van der Waals surface area contributed by atoms with Gasteiger partial charge < -0.3 is 14.7 Å². The summed E-state index contributed by atoms with van der Waals surface area (Å²) in [4.78, 5) is 13.3. The largest absolute Gasteiger partial charge is 0.396 e. The predicted molar refractivity (Wildman–Crippen MR) is 63.3 cm³/mol. The van der Waals surface area contributed by atoms with Gasteiger partial charge in [-0.05, 0) is 5.56 Å². The summed E-state index contributed by atoms with van der Waals surface area (Å²) in [6.07, 6.45) is 0. The van der Waals surface area contributed by atoms with Crippen LogP contribution in [0.4, 0.5) is 0 Å². The molecule has 1 fully saturated rings. The number of rotatable bonds is 5. The molecule has 1 saturated heterocycles. The maximum absolute atomic E-state index is 11.6. The van der Waals surface area contributed by atoms with Gasteiger partial charge in [-0.25, -0.2) is 0 Å². The van der Waals surface area contributed by atoms with Crippen LogP contribution >= 0.6 is 0 Å². The maximum Gasteiger partial charge on any atom is 0.248 e. The first-order valence-corrected chi connectivity index (χ1v) is 5.80. The van der Waals surface area contributed by atoms with E-state index < -0.39 is 0 Å². The van der Waals surface area contributed by atoms with E-state index in [1.54, 1.807) is 4.90 Å². The number of carbonyl (C=O) groups excluding carboxylic acids is 1. The number of benzene rings is 1. The molecule has 0 saturated carbocycles. The van der Waals surface area contributed by atoms with Gasteiger partial charge in [-0.2, -0.15) is 0 Å². The van der Waals surface area contributed by atoms with Gasteiger partial charge in [0.05, 0.1) is 6.61 Å². The highest BCUT2D eigenvalue weighted by Crippen LogP contribution is 2.14. The highest BCUT2D eigenvalue weighted by Gasteiger charge is 2.29. The first-order valence-electron chi connectivity index (χ1n) is 5.80. The molecule has 0 unspecified atom stereocenters. The molecule has 0 bridgehead atoms. The summed E-state index contributed by atoms with van der Waals surface area (Å²) in [7, 11) is 0. The Morgan fingerprint density at radius 3 is 2.71 bits per heavy atom. The van der Waals surface area contributed by atoms with Gasteiger partial charge in [0, 0.05) is 25.6 Å². The molecule has 1 aromatic carbocycles. The zero-order chi connectivity index (χ0) is 12.1. The Morgan fingerprint density at radius 1 is 1.35 bits per heavy atom. The van der Waals surface area contributed by atoms with Crippen LogP contribution in [-0.4, -0.2) is 42.2 Å². The average Bonchev–Trinajstić information content (AvgIpc) is 2.29. The molecule has 4 heteroatoms. The van der Waals surface area contributed by atoms with Gasteiger partial charge in [-0.1, -0.05) is 30.3 Å². The van der Waals surface area contributed by atoms with Crippen molar-refractivity contribution in [2.45, 2.75) is 6.61 Å². The van der Waals surface area contributed by atoms with Crippen LogP contribution in [0.2, 0.25) is 0 Å². The van der Waals surface area contributed by atoms with Crippen LogP contribution in [0.25, 0.3) is 0 Å². The summed E-state index contributed by atoms with van der Waals surface area (Å²) in [5, 5.41) is 8.84. The Kier molecular flexibility index (Phi) is 4.12. The monoisotopic (exact) mass is 235 g/mol. The summed E-state index contributed by atoms with van der Waals surface area (Å²) < 4.78 is 5.35. The lowest BCUT2D eigenvalue weighted by atomic mass is 10.0. The van der Waals surface area contributed by atoms with E-state index in [9.17, 15) is 4.79 Å². The molecule has 0 atom stereocenters. The van der Waals surface area contributed by atoms with Crippen molar-refractivity contribution in [1.29, 1.82) is 0 Å². The van der Waals surface area contributed by atoms with Crippen LogP contribution in [0.1, 0.15) is 5.56 Å². The van der Waals surface area contributed by atoms with E-state index in [4.69, 9.17) is 9.84 Å². The quantitative estimate of drug-likeness (QED) is 0.815. The normalized spacial score (nSPS) is 15.7. The smallest absolute Gasteiger partial charge is 0.248 e. The Hall–Kier alpha value is -1.39. The molecule has 1 N–H and O–H groups in total. The second-order valence-electron chi connectivity index (χ2n) is 4.33. The summed E-state index contributed by atoms with van der Waals surface area (Å²) in [6, 6.07) is 9.78. The number of amides is 1. The van der Waals surface area contributed by atoms with E-state index in [0.29, 0.717) is 19.7 Å². The molecular weight excluding hydrogens is 218 g/mol. The van der Waals surface area contributed by atoms with E-state index in [0.717, 1.165) is 5.56 Å². The van der Waals surface area contributed by atoms with Gasteiger partial charge in [-0.3, -0.25) is 4.79 Å². The highest BCUT2D eigenvalue weighted by atomic mass is 16.5. The third-order valence-electron chi connectivity index (χ3n) is 2.91. The molecule has 92 valence electrons. The van der Waals surface area contributed by atoms with Crippen molar-refractivity contribution in [1.82, 2.24) is 4.90 Å². The van der Waals surface area contributed by atoms with Crippen molar-refractivity contribution < 1.29 is 14.6 Å². The van der Waals surface area contributed by atoms with Crippen LogP contribution in [0, 0.1) is 5.92 Å². The maximum atomic E-state index is 11.6. The van der Waals surface area contributed by atoms with Gasteiger partial charge in [0.15, 0.2) is 0 Å². The topological polar surface area (TPSA) is 49.8 Å². The molecule has 1 heterocycles. The zero-order valence-electron chi connectivity index (χ0n) is 9.71. The molecule has 0 aliphatic carbocycles. The number of carbonyl (C=O) groups is 1. The summed E-state index contributed by atoms with van der Waals surface area (Å²) >= 11 is 0. The summed E-state index contributed by atoms with van der Waals surface area (Å²) in [6.45, 7) is 2.06. The highest BCUT2D eigenvalue weighted by molar-refractivity contribution is 5.78. The number of aliphatic hydroxyl groups is 1. The first-order chi connectivity index (χ1) is 8.29. The lowest BCUT2D eigenvalue weighted by Crippen LogP contribution is -2.52. The van der Waals surface area contributed by atoms with E-state index in [1.165, 1.54) is 0 Å². The molecule has 1 aliphatic rings. The van der Waals surface area contributed by atoms with Crippen molar-refractivity contribution in [3.8, 4) is 0 Å². The van der Waals surface area contributed by atoms with Gasteiger partial charge in [0.2, 0.25) is 5.91 Å². The fourth-order valence-corrected chi connectivity index (χ4v) is 1.81. The van der Waals surface area contributed by atoms with Gasteiger partial charge in [0.25, 0.3) is 0 Å². The van der Waals surface area contributed by atoms with E-state index in [-0.39, 0.29) is 25.0 Å². The van der Waals surface area contributed by atoms with E-state index in [1.807, 2.05) is 30.3 Å². The molecule has 1 aromatic rings. The molecule has 0 radical (unpaired) electrons. The van der Waals surface area contributed by atoms with Crippen LogP contribution in [0.15, 0.2) is 30.3 Å². The lowest BCUT2D eigenvalue weighted by Gasteiger charge is -2.38. The van der Waals surface area contributed by atoms with Crippen molar-refractivity contribution in [3.63, 3.8) is 0 Å². The molecule has 1 amide bonds. The van der Waals surface area contributed by atoms with Crippen LogP contribution in [0.5, 0.6) is 0 Å². The van der Waals surface area contributed by atoms with Gasteiger partial charge in [0.1, 0.15) is 6.61 Å². The third-order valence-corrected chi connectivity index (χ3v) is 2.91. The standard InChI is InChI=1S/C13H17NO3/c15-8-12-6-14(7-12)13(16)10-17-9-11-4-2-1-3-5-11/h1-5,12,15H,6-10H2. The van der Waals surface area contributed by atoms with Gasteiger partial charge >= 0.3 is 0 Å². The van der Waals surface area contributed by atoms with Crippen LogP contribution in [0.3, 0.4) is 0 Å². The number of nitrogens with zero attached hydrogens (tertiary/aromatic N) is 1. The Balaban J connectivity index is 1.64. The first kappa shape index (κ1) is 12.1. The fourth-order valence-electron chi connectivity index (χ4n) is 1.81. The van der Waals surface area contributed by atoms with Gasteiger partial charge in [-0.15, -0.1) is 0 Å². The van der Waals surface area contributed by atoms with Crippen molar-refractivity contribution >= 4 is 5.91 Å². The predicted octanol–water partition coefficient (Wildman–Crippen LogP) is 0.654. The van der Waals surface area contributed by atoms with Crippen LogP contribution < -0.4 is 0 Å². The number of aliphatic hydroxyl groups excluding tert-OH is 1. The van der Waals surface area contributed by atoms with Crippen molar-refractivity contribution in [2.24, 2.45) is 5.92 Å². The number of hydrogen-bond acceptors (Lipinski definition) is 3. The van der Waals surface area contributed by atoms with Crippen molar-refractivity contribution in [2.75, 3.05) is 26.3 Å². The molecule has 0 aromatic heterocycles. The summed E-state index contributed by atoms with van der Waals surface area (Å²) in [5.41, 5.74) is 1.07. The third kappa shape index (κ3) is 3.28. The molecule has 4 nitrogen and oxygen atoms in total. The molecule has 17 heavy (non-hydrogen) atoms. The Labute approximate surface area is 101 Å². The molecule has 0 spiro atoms. The van der Waals surface area contributed by atoms with Crippen molar-refractivity contribution in [3.05, 3.63) is 35.9 Å². The number of likely N-dealkylation sites (tertiary alicyclic amines) is 1. The number of ether oxygens (including phenoxy) is 1. The SMILES string of the molecule is O=C(COCc1ccccc1)N1CC(CO)C1. The Bertz CT molecular complexity index is 360. The second kappa shape index (κ2) is 5.80. The summed E-state index contributed by atoms with van der Waals surface area (Å²) in [5.74, 6) is 0.263. The molecule has 1 aliphatic heterocycles. The van der Waals surface area contributed by atoms with E-state index in [2.05, 4.69) is 0 Å². The minimum absolute atomic E-state index is 0.00521. The molecule has 2 rings (SSSR count). The number of hydrogen-bond donors (Lipinski definition) is 1.